The van der Waals surface area contributed by atoms with E-state index in [-0.39, 0.29) is 4.90 Å². The molecule has 0 N–H and O–H groups in total. The van der Waals surface area contributed by atoms with Crippen molar-refractivity contribution in [3.63, 3.8) is 0 Å². The predicted molar refractivity (Wildman–Crippen MR) is 98.2 cm³/mol. The van der Waals surface area contributed by atoms with Gasteiger partial charge in [0, 0.05) is 6.42 Å². The van der Waals surface area contributed by atoms with Crippen molar-refractivity contribution in [2.24, 2.45) is 0 Å². The van der Waals surface area contributed by atoms with Crippen LogP contribution in [-0.2, 0) is 28.6 Å². The van der Waals surface area contributed by atoms with Crippen molar-refractivity contribution in [2.45, 2.75) is 42.3 Å². The fourth-order valence-electron chi connectivity index (χ4n) is 2.22. The second kappa shape index (κ2) is 8.82. The van der Waals surface area contributed by atoms with Gasteiger partial charge in [-0.1, -0.05) is 35.4 Å². The lowest BCUT2D eigenvalue weighted by Crippen LogP contribution is -2.35. The molecule has 0 radical (unpaired) electrons. The minimum atomic E-state index is -5.05. The van der Waals surface area contributed by atoms with Gasteiger partial charge in [0.2, 0.25) is 0 Å². The largest absolute Gasteiger partial charge is 0.416 e. The van der Waals surface area contributed by atoms with E-state index in [2.05, 4.69) is 8.37 Å². The molecule has 160 valence electrons. The molecule has 2 rings (SSSR count). The first-order chi connectivity index (χ1) is 13.3. The summed E-state index contributed by atoms with van der Waals surface area (Å²) in [5.41, 5.74) is 1.50. The van der Waals surface area contributed by atoms with Gasteiger partial charge in [0.25, 0.3) is 20.2 Å². The summed E-state index contributed by atoms with van der Waals surface area (Å²) in [5, 5.41) is 0. The van der Waals surface area contributed by atoms with E-state index in [9.17, 15) is 30.0 Å². The maximum atomic E-state index is 13.2. The van der Waals surface area contributed by atoms with Crippen LogP contribution >= 0.6 is 0 Å². The Kier molecular flexibility index (Phi) is 7.10. The van der Waals surface area contributed by atoms with Crippen molar-refractivity contribution < 1.29 is 38.4 Å². The topological polar surface area (TPSA) is 86.7 Å². The first kappa shape index (κ1) is 23.3. The molecule has 1 unspecified atom stereocenters. The molecule has 0 aromatic heterocycles. The fourth-order valence-corrected chi connectivity index (χ4v) is 4.23. The number of benzene rings is 2. The van der Waals surface area contributed by atoms with E-state index in [1.54, 1.807) is 13.8 Å². The van der Waals surface area contributed by atoms with Gasteiger partial charge >= 0.3 is 6.18 Å². The Morgan fingerprint density at radius 2 is 1.21 bits per heavy atom. The minimum absolute atomic E-state index is 0.222. The zero-order valence-corrected chi connectivity index (χ0v) is 17.1. The lowest BCUT2D eigenvalue weighted by molar-refractivity contribution is -0.196. The van der Waals surface area contributed by atoms with E-state index in [1.165, 1.54) is 36.4 Å². The lowest BCUT2D eigenvalue weighted by Gasteiger charge is -2.20. The maximum absolute atomic E-state index is 13.2. The molecule has 0 aliphatic heterocycles. The van der Waals surface area contributed by atoms with Gasteiger partial charge in [-0.25, -0.2) is 0 Å². The van der Waals surface area contributed by atoms with Crippen LogP contribution in [0.25, 0.3) is 0 Å². The maximum Gasteiger partial charge on any atom is 0.416 e. The number of rotatable bonds is 8. The van der Waals surface area contributed by atoms with Gasteiger partial charge in [-0.2, -0.15) is 30.0 Å². The third kappa shape index (κ3) is 6.53. The quantitative estimate of drug-likeness (QED) is 0.567. The Labute approximate surface area is 167 Å². The van der Waals surface area contributed by atoms with Crippen LogP contribution in [0.4, 0.5) is 13.2 Å². The highest BCUT2D eigenvalue weighted by Crippen LogP contribution is 2.29. The molecule has 0 amide bonds. The van der Waals surface area contributed by atoms with Crippen LogP contribution in [0.15, 0.2) is 58.3 Å². The van der Waals surface area contributed by atoms with E-state index in [0.29, 0.717) is 5.56 Å². The number of halogens is 3. The molecule has 2 aromatic rings. The average molecular weight is 452 g/mol. The summed E-state index contributed by atoms with van der Waals surface area (Å²) in [5.74, 6) is 0. The zero-order chi connectivity index (χ0) is 21.9. The van der Waals surface area contributed by atoms with E-state index < -0.39 is 50.4 Å². The molecule has 11 heteroatoms. The highest BCUT2D eigenvalue weighted by atomic mass is 32.2. The van der Waals surface area contributed by atoms with Gasteiger partial charge in [0.1, 0.15) is 0 Å². The lowest BCUT2D eigenvalue weighted by atomic mass is 10.2. The molecular weight excluding hydrogens is 433 g/mol. The molecule has 0 fully saturated rings. The summed E-state index contributed by atoms with van der Waals surface area (Å²) in [6, 6.07) is 10.6. The zero-order valence-electron chi connectivity index (χ0n) is 15.5. The van der Waals surface area contributed by atoms with E-state index in [0.717, 1.165) is 17.7 Å². The SMILES string of the molecule is Cc1ccc(S(=O)(=O)OCCC(OS(=O)(=O)c2ccc(C)cc2)C(F)(F)F)cc1. The van der Waals surface area contributed by atoms with Crippen LogP contribution in [0, 0.1) is 13.8 Å². The van der Waals surface area contributed by atoms with Crippen LogP contribution in [0.1, 0.15) is 17.5 Å². The Hall–Kier alpha value is -1.95. The molecule has 0 saturated carbocycles. The van der Waals surface area contributed by atoms with E-state index in [1.807, 2.05) is 0 Å². The highest BCUT2D eigenvalue weighted by molar-refractivity contribution is 7.87. The first-order valence-corrected chi connectivity index (χ1v) is 11.2. The van der Waals surface area contributed by atoms with Crippen molar-refractivity contribution in [1.82, 2.24) is 0 Å². The Morgan fingerprint density at radius 3 is 1.62 bits per heavy atom. The summed E-state index contributed by atoms with van der Waals surface area (Å²) in [7, 11) is -9.00. The molecule has 0 saturated heterocycles. The third-order valence-corrected chi connectivity index (χ3v) is 6.51. The van der Waals surface area contributed by atoms with Gasteiger partial charge in [-0.3, -0.25) is 8.37 Å². The van der Waals surface area contributed by atoms with Gasteiger partial charge in [0.15, 0.2) is 6.10 Å². The molecule has 0 aliphatic rings. The van der Waals surface area contributed by atoms with Crippen LogP contribution in [0.5, 0.6) is 0 Å². The van der Waals surface area contributed by atoms with Gasteiger partial charge in [-0.15, -0.1) is 0 Å². The highest BCUT2D eigenvalue weighted by Gasteiger charge is 2.44. The van der Waals surface area contributed by atoms with Crippen molar-refractivity contribution in [1.29, 1.82) is 0 Å². The fraction of sp³-hybridized carbons (Fsp3) is 0.333. The molecule has 0 aliphatic carbocycles. The summed E-state index contributed by atoms with van der Waals surface area (Å²) in [4.78, 5) is -0.662. The standard InChI is InChI=1S/C18H19F3O6S2/c1-13-3-7-15(8-4-13)28(22,23)26-12-11-17(18(19,20)21)27-29(24,25)16-9-5-14(2)6-10-16/h3-10,17H,11-12H2,1-2H3. The van der Waals surface area contributed by atoms with Crippen LogP contribution < -0.4 is 0 Å². The molecule has 0 bridgehead atoms. The molecular formula is C18H19F3O6S2. The summed E-state index contributed by atoms with van der Waals surface area (Å²) in [6.07, 6.45) is -8.84. The van der Waals surface area contributed by atoms with Crippen molar-refractivity contribution in [3.8, 4) is 0 Å². The smallest absolute Gasteiger partial charge is 0.266 e. The molecule has 1 atom stereocenters. The number of aryl methyl sites for hydroxylation is 2. The predicted octanol–water partition coefficient (Wildman–Crippen LogP) is 3.74. The average Bonchev–Trinajstić information content (AvgIpc) is 2.60. The summed E-state index contributed by atoms with van der Waals surface area (Å²) >= 11 is 0. The van der Waals surface area contributed by atoms with Crippen LogP contribution in [-0.4, -0.2) is 35.7 Å². The number of hydrogen-bond acceptors (Lipinski definition) is 6. The first-order valence-electron chi connectivity index (χ1n) is 8.34. The molecule has 2 aromatic carbocycles. The van der Waals surface area contributed by atoms with Gasteiger partial charge in [0.05, 0.1) is 16.4 Å². The summed E-state index contributed by atoms with van der Waals surface area (Å²) < 4.78 is 97.0. The summed E-state index contributed by atoms with van der Waals surface area (Å²) in [6.45, 7) is 2.50. The Balaban J connectivity index is 2.09. The van der Waals surface area contributed by atoms with Crippen molar-refractivity contribution in [3.05, 3.63) is 59.7 Å². The molecule has 0 heterocycles. The minimum Gasteiger partial charge on any atom is -0.266 e. The second-order valence-electron chi connectivity index (χ2n) is 6.27. The van der Waals surface area contributed by atoms with E-state index in [4.69, 9.17) is 0 Å². The number of hydrogen-bond donors (Lipinski definition) is 0. The van der Waals surface area contributed by atoms with Crippen LogP contribution in [0.2, 0.25) is 0 Å². The van der Waals surface area contributed by atoms with Gasteiger partial charge in [-0.05, 0) is 38.1 Å². The van der Waals surface area contributed by atoms with Crippen LogP contribution in [0.3, 0.4) is 0 Å². The Morgan fingerprint density at radius 1 is 0.793 bits per heavy atom. The third-order valence-electron chi connectivity index (χ3n) is 3.85. The number of alkyl halides is 3. The van der Waals surface area contributed by atoms with Gasteiger partial charge < -0.3 is 0 Å². The molecule has 0 spiro atoms. The normalized spacial score (nSPS) is 14.0. The van der Waals surface area contributed by atoms with Crippen molar-refractivity contribution in [2.75, 3.05) is 6.61 Å². The monoisotopic (exact) mass is 452 g/mol. The molecule has 6 nitrogen and oxygen atoms in total. The second-order valence-corrected chi connectivity index (χ2v) is 9.46. The van der Waals surface area contributed by atoms with E-state index >= 15 is 0 Å². The molecule has 29 heavy (non-hydrogen) atoms. The van der Waals surface area contributed by atoms with Crippen molar-refractivity contribution >= 4 is 20.2 Å². The Bertz CT molecular complexity index is 1030.